The average Bonchev–Trinajstić information content (AvgIpc) is 2.57. The number of nitrogens with one attached hydrogen (secondary N) is 1. The normalized spacial score (nSPS) is 10.3. The monoisotopic (exact) mass is 380 g/mol. The first-order valence-electron chi connectivity index (χ1n) is 7.36. The molecule has 2 aromatic rings. The largest absolute Gasteiger partial charge is 0.452 e. The van der Waals surface area contributed by atoms with Gasteiger partial charge in [-0.2, -0.15) is 0 Å². The molecule has 0 bridgehead atoms. The minimum atomic E-state index is -1.07. The summed E-state index contributed by atoms with van der Waals surface area (Å²) in [6.07, 6.45) is 0. The van der Waals surface area contributed by atoms with Crippen LogP contribution in [0.1, 0.15) is 21.5 Å². The van der Waals surface area contributed by atoms with E-state index >= 15 is 0 Å². The Morgan fingerprint density at radius 1 is 1.23 bits per heavy atom. The standard InChI is InChI=1S/C17H14ClFN2O5/c1-9-5-14(15(21(24)25)6-10(9)2)20-16(22)8-26-17(23)12-7-11(18)3-4-13(12)19/h3-7H,8H2,1-2H3,(H,20,22). The summed E-state index contributed by atoms with van der Waals surface area (Å²) < 4.78 is 18.3. The van der Waals surface area contributed by atoms with Gasteiger partial charge >= 0.3 is 5.97 Å². The van der Waals surface area contributed by atoms with Gasteiger partial charge in [0.05, 0.1) is 10.5 Å². The molecule has 0 saturated heterocycles. The number of carbonyl (C=O) groups is 2. The molecule has 1 N–H and O–H groups in total. The van der Waals surface area contributed by atoms with Gasteiger partial charge in [0, 0.05) is 11.1 Å². The smallest absolute Gasteiger partial charge is 0.341 e. The molecule has 0 aliphatic carbocycles. The van der Waals surface area contributed by atoms with Gasteiger partial charge in [-0.25, -0.2) is 9.18 Å². The van der Waals surface area contributed by atoms with Crippen molar-refractivity contribution in [2.75, 3.05) is 11.9 Å². The van der Waals surface area contributed by atoms with Gasteiger partial charge in [-0.1, -0.05) is 11.6 Å². The van der Waals surface area contributed by atoms with E-state index in [1.165, 1.54) is 18.2 Å². The highest BCUT2D eigenvalue weighted by atomic mass is 35.5. The first-order valence-corrected chi connectivity index (χ1v) is 7.74. The summed E-state index contributed by atoms with van der Waals surface area (Å²) in [6, 6.07) is 6.12. The summed E-state index contributed by atoms with van der Waals surface area (Å²) in [5.74, 6) is -2.72. The lowest BCUT2D eigenvalue weighted by atomic mass is 10.1. The van der Waals surface area contributed by atoms with Crippen LogP contribution in [0.4, 0.5) is 15.8 Å². The first-order chi connectivity index (χ1) is 12.2. The van der Waals surface area contributed by atoms with Crippen LogP contribution in [0.5, 0.6) is 0 Å². The highest BCUT2D eigenvalue weighted by molar-refractivity contribution is 6.30. The van der Waals surface area contributed by atoms with Crippen LogP contribution < -0.4 is 5.32 Å². The van der Waals surface area contributed by atoms with E-state index in [1.54, 1.807) is 13.8 Å². The molecule has 0 aliphatic heterocycles. The van der Waals surface area contributed by atoms with Crippen LogP contribution in [0.2, 0.25) is 5.02 Å². The van der Waals surface area contributed by atoms with Crippen LogP contribution in [0.3, 0.4) is 0 Å². The fourth-order valence-corrected chi connectivity index (χ4v) is 2.27. The molecule has 136 valence electrons. The van der Waals surface area contributed by atoms with Gasteiger partial charge in [0.2, 0.25) is 0 Å². The van der Waals surface area contributed by atoms with Crippen LogP contribution in [-0.2, 0) is 9.53 Å². The maximum Gasteiger partial charge on any atom is 0.341 e. The SMILES string of the molecule is Cc1cc(NC(=O)COC(=O)c2cc(Cl)ccc2F)c([N+](=O)[O-])cc1C. The van der Waals surface area contributed by atoms with E-state index in [0.717, 1.165) is 17.7 Å². The molecule has 0 fully saturated rings. The summed E-state index contributed by atoms with van der Waals surface area (Å²) in [4.78, 5) is 34.3. The summed E-state index contributed by atoms with van der Waals surface area (Å²) in [6.45, 7) is 2.70. The molecule has 0 heterocycles. The van der Waals surface area contributed by atoms with Gasteiger partial charge in [0.25, 0.3) is 11.6 Å². The number of amides is 1. The van der Waals surface area contributed by atoms with Crippen LogP contribution in [-0.4, -0.2) is 23.4 Å². The average molecular weight is 381 g/mol. The Kier molecular flexibility index (Phi) is 5.89. The summed E-state index contributed by atoms with van der Waals surface area (Å²) >= 11 is 5.69. The van der Waals surface area contributed by atoms with Crippen molar-refractivity contribution in [2.45, 2.75) is 13.8 Å². The molecular weight excluding hydrogens is 367 g/mol. The number of rotatable bonds is 5. The van der Waals surface area contributed by atoms with Gasteiger partial charge < -0.3 is 10.1 Å². The van der Waals surface area contributed by atoms with Crippen LogP contribution in [0.15, 0.2) is 30.3 Å². The number of anilines is 1. The zero-order valence-corrected chi connectivity index (χ0v) is 14.6. The van der Waals surface area contributed by atoms with Crippen molar-refractivity contribution in [1.29, 1.82) is 0 Å². The second-order valence-corrected chi connectivity index (χ2v) is 5.90. The van der Waals surface area contributed by atoms with Crippen molar-refractivity contribution >= 4 is 34.9 Å². The van der Waals surface area contributed by atoms with Crippen LogP contribution in [0, 0.1) is 29.8 Å². The van der Waals surface area contributed by atoms with Crippen molar-refractivity contribution in [1.82, 2.24) is 0 Å². The topological polar surface area (TPSA) is 98.5 Å². The minimum absolute atomic E-state index is 0.0203. The second-order valence-electron chi connectivity index (χ2n) is 5.46. The van der Waals surface area contributed by atoms with Gasteiger partial charge in [-0.05, 0) is 49.2 Å². The highest BCUT2D eigenvalue weighted by Gasteiger charge is 2.19. The number of aryl methyl sites for hydroxylation is 2. The van der Waals surface area contributed by atoms with Crippen molar-refractivity contribution in [3.63, 3.8) is 0 Å². The van der Waals surface area contributed by atoms with E-state index in [-0.39, 0.29) is 16.4 Å². The highest BCUT2D eigenvalue weighted by Crippen LogP contribution is 2.27. The van der Waals surface area contributed by atoms with E-state index in [4.69, 9.17) is 16.3 Å². The Balaban J connectivity index is 2.08. The molecule has 2 aromatic carbocycles. The number of nitrogens with zero attached hydrogens (tertiary/aromatic N) is 1. The van der Waals surface area contributed by atoms with Gasteiger partial charge in [0.15, 0.2) is 6.61 Å². The molecule has 0 radical (unpaired) electrons. The molecule has 2 rings (SSSR count). The molecule has 26 heavy (non-hydrogen) atoms. The third-order valence-corrected chi connectivity index (χ3v) is 3.80. The summed E-state index contributed by atoms with van der Waals surface area (Å²) in [5.41, 5.74) is 0.714. The van der Waals surface area contributed by atoms with E-state index in [9.17, 15) is 24.1 Å². The molecule has 0 atom stereocenters. The van der Waals surface area contributed by atoms with E-state index < -0.39 is 34.8 Å². The Morgan fingerprint density at radius 2 is 1.88 bits per heavy atom. The van der Waals surface area contributed by atoms with Crippen molar-refractivity contribution in [3.05, 3.63) is 68.0 Å². The number of nitro benzene ring substituents is 1. The maximum absolute atomic E-state index is 13.6. The quantitative estimate of drug-likeness (QED) is 0.483. The molecule has 0 aliphatic rings. The molecule has 0 aromatic heterocycles. The van der Waals surface area contributed by atoms with Gasteiger partial charge in [-0.3, -0.25) is 14.9 Å². The fourth-order valence-electron chi connectivity index (χ4n) is 2.10. The van der Waals surface area contributed by atoms with E-state index in [1.807, 2.05) is 0 Å². The van der Waals surface area contributed by atoms with Gasteiger partial charge in [0.1, 0.15) is 11.5 Å². The molecule has 7 nitrogen and oxygen atoms in total. The van der Waals surface area contributed by atoms with Crippen molar-refractivity contribution in [2.24, 2.45) is 0 Å². The second kappa shape index (κ2) is 7.92. The Morgan fingerprint density at radius 3 is 2.54 bits per heavy atom. The summed E-state index contributed by atoms with van der Waals surface area (Å²) in [5, 5.41) is 13.6. The number of halogens is 2. The first kappa shape index (κ1) is 19.3. The third-order valence-electron chi connectivity index (χ3n) is 3.57. The van der Waals surface area contributed by atoms with E-state index in [2.05, 4.69) is 5.32 Å². The zero-order chi connectivity index (χ0) is 19.4. The number of hydrogen-bond acceptors (Lipinski definition) is 5. The molecule has 0 spiro atoms. The predicted octanol–water partition coefficient (Wildman–Crippen LogP) is 3.80. The molecule has 0 unspecified atom stereocenters. The number of hydrogen-bond donors (Lipinski definition) is 1. The molecular formula is C17H14ClFN2O5. The van der Waals surface area contributed by atoms with Crippen LogP contribution in [0.25, 0.3) is 0 Å². The van der Waals surface area contributed by atoms with Crippen LogP contribution >= 0.6 is 11.6 Å². The number of esters is 1. The number of carbonyl (C=O) groups excluding carboxylic acids is 2. The van der Waals surface area contributed by atoms with E-state index in [0.29, 0.717) is 5.56 Å². The number of nitro groups is 1. The van der Waals surface area contributed by atoms with Crippen molar-refractivity contribution < 1.29 is 23.6 Å². The molecule has 9 heteroatoms. The lowest BCUT2D eigenvalue weighted by Crippen LogP contribution is -2.22. The summed E-state index contributed by atoms with van der Waals surface area (Å²) in [7, 11) is 0. The Hall–Kier alpha value is -3.00. The lowest BCUT2D eigenvalue weighted by Gasteiger charge is -2.09. The molecule has 0 saturated carbocycles. The zero-order valence-electron chi connectivity index (χ0n) is 13.8. The Labute approximate surface area is 152 Å². The fraction of sp³-hybridized carbons (Fsp3) is 0.176. The third kappa shape index (κ3) is 4.54. The minimum Gasteiger partial charge on any atom is -0.452 e. The predicted molar refractivity (Wildman–Crippen MR) is 92.9 cm³/mol. The van der Waals surface area contributed by atoms with Crippen molar-refractivity contribution in [3.8, 4) is 0 Å². The number of benzene rings is 2. The maximum atomic E-state index is 13.6. The Bertz CT molecular complexity index is 901. The van der Waals surface area contributed by atoms with Gasteiger partial charge in [-0.15, -0.1) is 0 Å². The molecule has 1 amide bonds. The lowest BCUT2D eigenvalue weighted by molar-refractivity contribution is -0.384. The number of ether oxygens (including phenoxy) is 1.